The van der Waals surface area contributed by atoms with Crippen molar-refractivity contribution in [3.8, 4) is 5.75 Å². The number of para-hydroxylation sites is 2. The summed E-state index contributed by atoms with van der Waals surface area (Å²) in [5, 5.41) is 0. The smallest absolute Gasteiger partial charge is 0.142 e. The third-order valence-corrected chi connectivity index (χ3v) is 3.67. The van der Waals surface area contributed by atoms with Crippen molar-refractivity contribution < 1.29 is 9.15 Å². The van der Waals surface area contributed by atoms with Gasteiger partial charge in [0.05, 0.1) is 18.8 Å². The van der Waals surface area contributed by atoms with Gasteiger partial charge in [-0.15, -0.1) is 0 Å². The summed E-state index contributed by atoms with van der Waals surface area (Å²) in [5.41, 5.74) is 7.99. The van der Waals surface area contributed by atoms with Crippen LogP contribution in [0.25, 0.3) is 0 Å². The Kier molecular flexibility index (Phi) is 3.65. The number of rotatable bonds is 3. The van der Waals surface area contributed by atoms with E-state index in [2.05, 4.69) is 17.0 Å². The number of ether oxygens (including phenoxy) is 1. The zero-order valence-electron chi connectivity index (χ0n) is 11.8. The Morgan fingerprint density at radius 2 is 2.15 bits per heavy atom. The second kappa shape index (κ2) is 5.59. The maximum Gasteiger partial charge on any atom is 0.142 e. The molecule has 2 aromatic rings. The van der Waals surface area contributed by atoms with Crippen LogP contribution in [0.15, 0.2) is 34.7 Å². The highest BCUT2D eigenvalue weighted by Gasteiger charge is 2.18. The van der Waals surface area contributed by atoms with E-state index in [0.717, 1.165) is 49.1 Å². The summed E-state index contributed by atoms with van der Waals surface area (Å²) in [6, 6.07) is 10.3. The molecule has 0 aliphatic carbocycles. The molecule has 0 saturated heterocycles. The van der Waals surface area contributed by atoms with Gasteiger partial charge >= 0.3 is 0 Å². The summed E-state index contributed by atoms with van der Waals surface area (Å²) in [6.45, 7) is 5.02. The van der Waals surface area contributed by atoms with E-state index in [-0.39, 0.29) is 0 Å². The van der Waals surface area contributed by atoms with E-state index in [1.165, 1.54) is 5.56 Å². The zero-order valence-corrected chi connectivity index (χ0v) is 11.8. The molecule has 0 amide bonds. The second-order valence-corrected chi connectivity index (χ2v) is 5.09. The molecule has 0 fully saturated rings. The van der Waals surface area contributed by atoms with Crippen molar-refractivity contribution in [1.29, 1.82) is 0 Å². The van der Waals surface area contributed by atoms with E-state index in [1.54, 1.807) is 0 Å². The first-order valence-electron chi connectivity index (χ1n) is 7.03. The topological polar surface area (TPSA) is 51.6 Å². The molecule has 0 bridgehead atoms. The normalized spacial score (nSPS) is 14.6. The number of aryl methyl sites for hydroxylation is 1. The molecule has 1 aromatic heterocycles. The molecule has 4 nitrogen and oxygen atoms in total. The van der Waals surface area contributed by atoms with Crippen LogP contribution in [-0.2, 0) is 13.1 Å². The first-order valence-corrected chi connectivity index (χ1v) is 7.03. The predicted molar refractivity (Wildman–Crippen MR) is 78.9 cm³/mol. The van der Waals surface area contributed by atoms with Crippen molar-refractivity contribution in [1.82, 2.24) is 0 Å². The van der Waals surface area contributed by atoms with Gasteiger partial charge in [0.25, 0.3) is 0 Å². The van der Waals surface area contributed by atoms with E-state index in [9.17, 15) is 0 Å². The van der Waals surface area contributed by atoms with Crippen molar-refractivity contribution in [3.63, 3.8) is 0 Å². The molecule has 0 radical (unpaired) electrons. The van der Waals surface area contributed by atoms with E-state index in [1.807, 2.05) is 25.1 Å². The number of anilines is 1. The predicted octanol–water partition coefficient (Wildman–Crippen LogP) is 2.84. The van der Waals surface area contributed by atoms with Crippen molar-refractivity contribution in [2.75, 3.05) is 18.1 Å². The minimum atomic E-state index is 0.445. The molecule has 0 saturated carbocycles. The largest absolute Gasteiger partial charge is 0.491 e. The zero-order chi connectivity index (χ0) is 13.9. The lowest BCUT2D eigenvalue weighted by Crippen LogP contribution is -2.23. The maximum absolute atomic E-state index is 5.79. The van der Waals surface area contributed by atoms with Crippen molar-refractivity contribution >= 4 is 5.69 Å². The molecule has 1 aromatic carbocycles. The fourth-order valence-electron chi connectivity index (χ4n) is 2.61. The number of fused-ring (bicyclic) bond motifs is 1. The van der Waals surface area contributed by atoms with Crippen molar-refractivity contribution in [3.05, 3.63) is 47.4 Å². The van der Waals surface area contributed by atoms with Gasteiger partial charge < -0.3 is 19.8 Å². The van der Waals surface area contributed by atoms with Gasteiger partial charge in [0.1, 0.15) is 17.3 Å². The number of hydrogen-bond acceptors (Lipinski definition) is 4. The Balaban J connectivity index is 1.88. The standard InChI is InChI=1S/C16H20N2O2/c1-12-13(9-14(10-17)20-12)11-18-7-4-8-19-16-6-3-2-5-15(16)18/h2-3,5-6,9H,4,7-8,10-11,17H2,1H3. The molecule has 0 atom stereocenters. The quantitative estimate of drug-likeness (QED) is 0.933. The van der Waals surface area contributed by atoms with Gasteiger partial charge in [-0.05, 0) is 31.5 Å². The lowest BCUT2D eigenvalue weighted by molar-refractivity contribution is 0.322. The van der Waals surface area contributed by atoms with Crippen LogP contribution in [0.3, 0.4) is 0 Å². The molecule has 1 aliphatic heterocycles. The van der Waals surface area contributed by atoms with Crippen LogP contribution in [-0.4, -0.2) is 13.2 Å². The third kappa shape index (κ3) is 2.51. The van der Waals surface area contributed by atoms with Crippen LogP contribution >= 0.6 is 0 Å². The lowest BCUT2D eigenvalue weighted by Gasteiger charge is -2.23. The number of furan rings is 1. The molecular formula is C16H20N2O2. The van der Waals surface area contributed by atoms with E-state index in [0.29, 0.717) is 6.54 Å². The molecule has 2 N–H and O–H groups in total. The van der Waals surface area contributed by atoms with Gasteiger partial charge in [0.2, 0.25) is 0 Å². The molecule has 2 heterocycles. The van der Waals surface area contributed by atoms with Crippen LogP contribution in [0.2, 0.25) is 0 Å². The molecule has 4 heteroatoms. The first kappa shape index (κ1) is 13.1. The van der Waals surface area contributed by atoms with Gasteiger partial charge in [0.15, 0.2) is 0 Å². The average molecular weight is 272 g/mol. The highest BCUT2D eigenvalue weighted by Crippen LogP contribution is 2.32. The molecule has 1 aliphatic rings. The summed E-state index contributed by atoms with van der Waals surface area (Å²) >= 11 is 0. The van der Waals surface area contributed by atoms with Crippen molar-refractivity contribution in [2.24, 2.45) is 5.73 Å². The SMILES string of the molecule is Cc1oc(CN)cc1CN1CCCOc2ccccc21. The van der Waals surface area contributed by atoms with Gasteiger partial charge in [-0.1, -0.05) is 12.1 Å². The monoisotopic (exact) mass is 272 g/mol. The summed E-state index contributed by atoms with van der Waals surface area (Å²) < 4.78 is 11.4. The maximum atomic E-state index is 5.79. The third-order valence-electron chi connectivity index (χ3n) is 3.67. The summed E-state index contributed by atoms with van der Waals surface area (Å²) in [4.78, 5) is 2.35. The summed E-state index contributed by atoms with van der Waals surface area (Å²) in [7, 11) is 0. The lowest BCUT2D eigenvalue weighted by atomic mass is 10.2. The van der Waals surface area contributed by atoms with E-state index in [4.69, 9.17) is 14.9 Å². The second-order valence-electron chi connectivity index (χ2n) is 5.09. The van der Waals surface area contributed by atoms with E-state index < -0.39 is 0 Å². The number of nitrogens with two attached hydrogens (primary N) is 1. The Morgan fingerprint density at radius 1 is 1.30 bits per heavy atom. The van der Waals surface area contributed by atoms with Crippen LogP contribution < -0.4 is 15.4 Å². The van der Waals surface area contributed by atoms with Crippen LogP contribution in [0.1, 0.15) is 23.5 Å². The van der Waals surface area contributed by atoms with Crippen LogP contribution in [0, 0.1) is 6.92 Å². The highest BCUT2D eigenvalue weighted by atomic mass is 16.5. The van der Waals surface area contributed by atoms with Gasteiger partial charge in [-0.25, -0.2) is 0 Å². The average Bonchev–Trinajstić information content (AvgIpc) is 2.70. The van der Waals surface area contributed by atoms with E-state index >= 15 is 0 Å². The van der Waals surface area contributed by atoms with Gasteiger partial charge in [-0.3, -0.25) is 0 Å². The fourth-order valence-corrected chi connectivity index (χ4v) is 2.61. The number of hydrogen-bond donors (Lipinski definition) is 1. The molecule has 20 heavy (non-hydrogen) atoms. The summed E-state index contributed by atoms with van der Waals surface area (Å²) in [5.74, 6) is 2.76. The Hall–Kier alpha value is -1.94. The number of benzene rings is 1. The van der Waals surface area contributed by atoms with Gasteiger partial charge in [-0.2, -0.15) is 0 Å². The number of nitrogens with zero attached hydrogens (tertiary/aromatic N) is 1. The molecular weight excluding hydrogens is 252 g/mol. The Morgan fingerprint density at radius 3 is 2.95 bits per heavy atom. The Bertz CT molecular complexity index is 592. The fraction of sp³-hybridized carbons (Fsp3) is 0.375. The Labute approximate surface area is 119 Å². The molecule has 0 unspecified atom stereocenters. The molecule has 106 valence electrons. The molecule has 3 rings (SSSR count). The minimum Gasteiger partial charge on any atom is -0.491 e. The van der Waals surface area contributed by atoms with Crippen molar-refractivity contribution in [2.45, 2.75) is 26.4 Å². The minimum absolute atomic E-state index is 0.445. The van der Waals surface area contributed by atoms with Crippen LogP contribution in [0.4, 0.5) is 5.69 Å². The first-order chi connectivity index (χ1) is 9.78. The molecule has 0 spiro atoms. The highest BCUT2D eigenvalue weighted by molar-refractivity contribution is 5.59. The van der Waals surface area contributed by atoms with Crippen LogP contribution in [0.5, 0.6) is 5.75 Å². The van der Waals surface area contributed by atoms with Gasteiger partial charge in [0, 0.05) is 18.7 Å². The summed E-state index contributed by atoms with van der Waals surface area (Å²) in [6.07, 6.45) is 1.02.